The lowest BCUT2D eigenvalue weighted by atomic mass is 10.1. The number of nitrogens with zero attached hydrogens (tertiary/aromatic N) is 1. The molecule has 21 heavy (non-hydrogen) atoms. The second-order valence-corrected chi connectivity index (χ2v) is 6.87. The molecule has 3 N–H and O–H groups in total. The standard InChI is InChI=1S/C14H21N3O2S.HI/c1-10(2)8-16-14(15)17-9-12-5-6-13(11(3)7-12)20(4,18)19;/h5-7H,1,8-9H2,2-4H3,(H3,15,16,17);1H. The van der Waals surface area contributed by atoms with E-state index >= 15 is 0 Å². The average molecular weight is 423 g/mol. The average Bonchev–Trinajstić information content (AvgIpc) is 2.32. The molecule has 0 aliphatic rings. The van der Waals surface area contributed by atoms with Gasteiger partial charge in [-0.25, -0.2) is 13.4 Å². The zero-order chi connectivity index (χ0) is 15.3. The highest BCUT2D eigenvalue weighted by molar-refractivity contribution is 14.0. The van der Waals surface area contributed by atoms with Gasteiger partial charge in [0.1, 0.15) is 0 Å². The normalized spacial score (nSPS) is 11.7. The van der Waals surface area contributed by atoms with E-state index in [1.165, 1.54) is 6.26 Å². The highest BCUT2D eigenvalue weighted by Gasteiger charge is 2.10. The molecule has 0 bridgehead atoms. The third kappa shape index (κ3) is 6.94. The zero-order valence-electron chi connectivity index (χ0n) is 12.5. The first kappa shape index (κ1) is 19.9. The minimum absolute atomic E-state index is 0. The van der Waals surface area contributed by atoms with Crippen LogP contribution in [-0.2, 0) is 16.4 Å². The number of rotatable bonds is 5. The summed E-state index contributed by atoms with van der Waals surface area (Å²) in [7, 11) is -3.18. The second-order valence-electron chi connectivity index (χ2n) is 4.88. The molecule has 5 nitrogen and oxygen atoms in total. The van der Waals surface area contributed by atoms with Crippen molar-refractivity contribution in [3.05, 3.63) is 41.5 Å². The molecule has 118 valence electrons. The molecule has 0 aliphatic heterocycles. The molecule has 1 rings (SSSR count). The lowest BCUT2D eigenvalue weighted by Crippen LogP contribution is -2.32. The molecule has 0 radical (unpaired) electrons. The van der Waals surface area contributed by atoms with E-state index in [9.17, 15) is 8.42 Å². The number of nitrogens with two attached hydrogens (primary N) is 1. The van der Waals surface area contributed by atoms with Crippen LogP contribution in [0.4, 0.5) is 0 Å². The summed E-state index contributed by atoms with van der Waals surface area (Å²) >= 11 is 0. The Morgan fingerprint density at radius 1 is 1.43 bits per heavy atom. The molecule has 0 amide bonds. The third-order valence-corrected chi connectivity index (χ3v) is 3.90. The Balaban J connectivity index is 0.00000400. The van der Waals surface area contributed by atoms with Crippen molar-refractivity contribution in [2.45, 2.75) is 25.3 Å². The summed E-state index contributed by atoms with van der Waals surface area (Å²) in [6.07, 6.45) is 1.20. The number of sulfone groups is 1. The van der Waals surface area contributed by atoms with E-state index < -0.39 is 9.84 Å². The van der Waals surface area contributed by atoms with Crippen molar-refractivity contribution in [2.75, 3.05) is 12.8 Å². The van der Waals surface area contributed by atoms with Crippen molar-refractivity contribution < 1.29 is 8.42 Å². The first-order valence-corrected chi connectivity index (χ1v) is 8.07. The monoisotopic (exact) mass is 423 g/mol. The maximum Gasteiger partial charge on any atom is 0.189 e. The van der Waals surface area contributed by atoms with E-state index in [0.29, 0.717) is 29.5 Å². The summed E-state index contributed by atoms with van der Waals surface area (Å²) in [5.74, 6) is 0.345. The van der Waals surface area contributed by atoms with E-state index in [1.807, 2.05) is 13.0 Å². The zero-order valence-corrected chi connectivity index (χ0v) is 15.7. The van der Waals surface area contributed by atoms with Crippen LogP contribution in [0.15, 0.2) is 40.2 Å². The fraction of sp³-hybridized carbons (Fsp3) is 0.357. The van der Waals surface area contributed by atoms with Gasteiger partial charge in [-0.3, -0.25) is 0 Å². The molecular formula is C14H22IN3O2S. The number of halogens is 1. The molecule has 0 aromatic heterocycles. The molecule has 0 atom stereocenters. The minimum Gasteiger partial charge on any atom is -0.370 e. The maximum absolute atomic E-state index is 11.5. The van der Waals surface area contributed by atoms with Crippen LogP contribution in [-0.4, -0.2) is 27.2 Å². The van der Waals surface area contributed by atoms with Crippen LogP contribution in [0, 0.1) is 6.92 Å². The summed E-state index contributed by atoms with van der Waals surface area (Å²) in [5, 5.41) is 2.93. The summed E-state index contributed by atoms with van der Waals surface area (Å²) in [6, 6.07) is 5.16. The minimum atomic E-state index is -3.18. The fourth-order valence-corrected chi connectivity index (χ4v) is 2.66. The van der Waals surface area contributed by atoms with Crippen molar-refractivity contribution in [3.63, 3.8) is 0 Å². The van der Waals surface area contributed by atoms with Gasteiger partial charge in [-0.05, 0) is 31.0 Å². The van der Waals surface area contributed by atoms with Gasteiger partial charge in [-0.1, -0.05) is 24.3 Å². The molecule has 7 heteroatoms. The second kappa shape index (κ2) is 8.38. The molecule has 0 fully saturated rings. The Hall–Kier alpha value is -1.09. The van der Waals surface area contributed by atoms with E-state index in [2.05, 4.69) is 16.9 Å². The Bertz CT molecular complexity index is 640. The first-order valence-electron chi connectivity index (χ1n) is 6.18. The van der Waals surface area contributed by atoms with Crippen molar-refractivity contribution in [2.24, 2.45) is 10.7 Å². The highest BCUT2D eigenvalue weighted by Crippen LogP contribution is 2.17. The summed E-state index contributed by atoms with van der Waals surface area (Å²) < 4.78 is 23.0. The van der Waals surface area contributed by atoms with Gasteiger partial charge in [-0.2, -0.15) is 0 Å². The van der Waals surface area contributed by atoms with Crippen LogP contribution in [0.25, 0.3) is 0 Å². The molecule has 1 aromatic rings. The van der Waals surface area contributed by atoms with Crippen molar-refractivity contribution in [3.8, 4) is 0 Å². The number of hydrogen-bond donors (Lipinski definition) is 2. The molecule has 0 saturated heterocycles. The van der Waals surface area contributed by atoms with Gasteiger partial charge in [0.2, 0.25) is 0 Å². The number of benzene rings is 1. The van der Waals surface area contributed by atoms with Crippen LogP contribution in [0.5, 0.6) is 0 Å². The number of aliphatic imine (C=N–C) groups is 1. The van der Waals surface area contributed by atoms with Crippen LogP contribution >= 0.6 is 24.0 Å². The summed E-state index contributed by atoms with van der Waals surface area (Å²) in [5.41, 5.74) is 8.31. The van der Waals surface area contributed by atoms with Gasteiger partial charge < -0.3 is 11.1 Å². The van der Waals surface area contributed by atoms with Gasteiger partial charge in [-0.15, -0.1) is 24.0 Å². The van der Waals surface area contributed by atoms with E-state index in [4.69, 9.17) is 5.73 Å². The van der Waals surface area contributed by atoms with E-state index in [0.717, 1.165) is 11.1 Å². The maximum atomic E-state index is 11.5. The van der Waals surface area contributed by atoms with Gasteiger partial charge in [0.25, 0.3) is 0 Å². The van der Waals surface area contributed by atoms with Crippen LogP contribution in [0.3, 0.4) is 0 Å². The number of hydrogen-bond acceptors (Lipinski definition) is 3. The van der Waals surface area contributed by atoms with Crippen molar-refractivity contribution in [1.29, 1.82) is 0 Å². The van der Waals surface area contributed by atoms with Gasteiger partial charge in [0, 0.05) is 12.8 Å². The SMILES string of the molecule is C=C(C)CNC(N)=NCc1ccc(S(C)(=O)=O)c(C)c1.I. The lowest BCUT2D eigenvalue weighted by Gasteiger charge is -2.07. The molecule has 0 heterocycles. The molecular weight excluding hydrogens is 401 g/mol. The van der Waals surface area contributed by atoms with E-state index in [1.54, 1.807) is 19.1 Å². The molecule has 0 unspecified atom stereocenters. The quantitative estimate of drug-likeness (QED) is 0.329. The first-order chi connectivity index (χ1) is 9.20. The number of nitrogens with one attached hydrogen (secondary N) is 1. The highest BCUT2D eigenvalue weighted by atomic mass is 127. The Morgan fingerprint density at radius 2 is 2.05 bits per heavy atom. The lowest BCUT2D eigenvalue weighted by molar-refractivity contribution is 0.601. The Morgan fingerprint density at radius 3 is 2.52 bits per heavy atom. The summed E-state index contributed by atoms with van der Waals surface area (Å²) in [6.45, 7) is 8.41. The smallest absolute Gasteiger partial charge is 0.189 e. The molecule has 0 saturated carbocycles. The van der Waals surface area contributed by atoms with Crippen molar-refractivity contribution in [1.82, 2.24) is 5.32 Å². The molecule has 0 aliphatic carbocycles. The van der Waals surface area contributed by atoms with E-state index in [-0.39, 0.29) is 24.0 Å². The third-order valence-electron chi connectivity index (χ3n) is 2.64. The van der Waals surface area contributed by atoms with Crippen molar-refractivity contribution >= 4 is 39.8 Å². The van der Waals surface area contributed by atoms with Crippen LogP contribution < -0.4 is 11.1 Å². The Kier molecular flexibility index (Phi) is 7.94. The topological polar surface area (TPSA) is 84.5 Å². The summed E-state index contributed by atoms with van der Waals surface area (Å²) in [4.78, 5) is 4.54. The van der Waals surface area contributed by atoms with Gasteiger partial charge in [0.15, 0.2) is 15.8 Å². The van der Waals surface area contributed by atoms with Gasteiger partial charge in [0.05, 0.1) is 11.4 Å². The predicted octanol–water partition coefficient (Wildman–Crippen LogP) is 2.00. The van der Waals surface area contributed by atoms with Crippen LogP contribution in [0.1, 0.15) is 18.1 Å². The van der Waals surface area contributed by atoms with Gasteiger partial charge >= 0.3 is 0 Å². The van der Waals surface area contributed by atoms with Crippen LogP contribution in [0.2, 0.25) is 0 Å². The predicted molar refractivity (Wildman–Crippen MR) is 97.8 cm³/mol. The molecule has 0 spiro atoms. The largest absolute Gasteiger partial charge is 0.370 e. The fourth-order valence-electron chi connectivity index (χ4n) is 1.70. The number of guanidine groups is 1. The number of aryl methyl sites for hydroxylation is 1. The Labute approximate surface area is 143 Å². The molecule has 1 aromatic carbocycles.